The molecule has 0 aliphatic heterocycles. The van der Waals surface area contributed by atoms with Gasteiger partial charge in [-0.05, 0) is 55.8 Å². The number of ether oxygens (including phenoxy) is 1. The lowest BCUT2D eigenvalue weighted by Gasteiger charge is -2.12. The normalized spacial score (nSPS) is 11.6. The van der Waals surface area contributed by atoms with Gasteiger partial charge in [-0.1, -0.05) is 11.2 Å². The average molecular weight is 411 g/mol. The Hall–Kier alpha value is -3.62. The molecule has 0 saturated carbocycles. The molecule has 0 aliphatic rings. The van der Waals surface area contributed by atoms with E-state index < -0.39 is 6.11 Å². The first-order valence-electron chi connectivity index (χ1n) is 9.24. The number of pyridine rings is 1. The van der Waals surface area contributed by atoms with E-state index in [0.717, 1.165) is 17.0 Å². The predicted octanol–water partition coefficient (Wildman–Crippen LogP) is 4.65. The van der Waals surface area contributed by atoms with E-state index in [1.807, 2.05) is 42.9 Å². The summed E-state index contributed by atoms with van der Waals surface area (Å²) in [7, 11) is 0. The Morgan fingerprint density at radius 1 is 1.10 bits per heavy atom. The fourth-order valence-electron chi connectivity index (χ4n) is 2.86. The highest BCUT2D eigenvalue weighted by Crippen LogP contribution is 2.26. The molecule has 154 valence electrons. The van der Waals surface area contributed by atoms with E-state index in [9.17, 15) is 8.78 Å². The highest BCUT2D eigenvalue weighted by Gasteiger charge is 2.23. The molecule has 30 heavy (non-hydrogen) atoms. The van der Waals surface area contributed by atoms with Crippen molar-refractivity contribution in [2.75, 3.05) is 0 Å². The first-order valence-corrected chi connectivity index (χ1v) is 9.24. The summed E-state index contributed by atoms with van der Waals surface area (Å²) in [6.07, 6.45) is -1.42. The van der Waals surface area contributed by atoms with Crippen molar-refractivity contribution < 1.29 is 18.0 Å². The number of hydrogen-bond acceptors (Lipinski definition) is 6. The fourth-order valence-corrected chi connectivity index (χ4v) is 2.86. The summed E-state index contributed by atoms with van der Waals surface area (Å²) in [5, 5.41) is 8.51. The number of alkyl halides is 2. The smallest absolute Gasteiger partial charge is 0.394 e. The molecule has 0 unspecified atom stereocenters. The van der Waals surface area contributed by atoms with Crippen LogP contribution in [-0.2, 0) is 6.54 Å². The van der Waals surface area contributed by atoms with Gasteiger partial charge >= 0.3 is 6.11 Å². The number of halogens is 2. The molecule has 0 spiro atoms. The van der Waals surface area contributed by atoms with Crippen LogP contribution in [0.5, 0.6) is 5.75 Å². The van der Waals surface area contributed by atoms with Gasteiger partial charge in [0.05, 0.1) is 6.54 Å². The second-order valence-electron chi connectivity index (χ2n) is 6.99. The third kappa shape index (κ3) is 4.51. The second-order valence-corrected chi connectivity index (χ2v) is 6.99. The van der Waals surface area contributed by atoms with Gasteiger partial charge in [-0.2, -0.15) is 18.9 Å². The zero-order valence-corrected chi connectivity index (χ0v) is 16.6. The molecule has 0 aliphatic carbocycles. The van der Waals surface area contributed by atoms with E-state index in [4.69, 9.17) is 4.52 Å². The van der Waals surface area contributed by atoms with E-state index in [0.29, 0.717) is 30.6 Å². The molecule has 7 nitrogen and oxygen atoms in total. The van der Waals surface area contributed by atoms with Crippen molar-refractivity contribution in [3.8, 4) is 28.7 Å². The molecule has 4 aromatic rings. The summed E-state index contributed by atoms with van der Waals surface area (Å²) < 4.78 is 37.6. The van der Waals surface area contributed by atoms with Crippen molar-refractivity contribution in [3.63, 3.8) is 0 Å². The van der Waals surface area contributed by atoms with Gasteiger partial charge in [0, 0.05) is 30.1 Å². The monoisotopic (exact) mass is 411 g/mol. The van der Waals surface area contributed by atoms with E-state index >= 15 is 0 Å². The van der Waals surface area contributed by atoms with Gasteiger partial charge in [-0.3, -0.25) is 9.67 Å². The van der Waals surface area contributed by atoms with Crippen LogP contribution in [0.3, 0.4) is 0 Å². The van der Waals surface area contributed by atoms with Crippen molar-refractivity contribution >= 4 is 0 Å². The number of aromatic nitrogens is 5. The van der Waals surface area contributed by atoms with Crippen molar-refractivity contribution in [1.82, 2.24) is 24.9 Å². The van der Waals surface area contributed by atoms with E-state index in [1.54, 1.807) is 12.1 Å². The van der Waals surface area contributed by atoms with Crippen molar-refractivity contribution in [1.29, 1.82) is 0 Å². The zero-order chi connectivity index (χ0) is 21.3. The van der Waals surface area contributed by atoms with Crippen LogP contribution in [0.1, 0.15) is 23.9 Å². The lowest BCUT2D eigenvalue weighted by Crippen LogP contribution is -2.18. The highest BCUT2D eigenvalue weighted by atomic mass is 19.3. The molecule has 0 radical (unpaired) electrons. The van der Waals surface area contributed by atoms with Crippen LogP contribution in [0.4, 0.5) is 8.78 Å². The summed E-state index contributed by atoms with van der Waals surface area (Å²) in [5.74, 6) is 0.652. The fraction of sp³-hybridized carbons (Fsp3) is 0.238. The highest BCUT2D eigenvalue weighted by molar-refractivity contribution is 5.58. The van der Waals surface area contributed by atoms with Crippen LogP contribution in [0.2, 0.25) is 0 Å². The van der Waals surface area contributed by atoms with Crippen LogP contribution < -0.4 is 4.74 Å². The number of benzene rings is 1. The molecule has 1 aromatic carbocycles. The lowest BCUT2D eigenvalue weighted by atomic mass is 10.2. The Morgan fingerprint density at radius 2 is 1.87 bits per heavy atom. The van der Waals surface area contributed by atoms with Crippen LogP contribution in [-0.4, -0.2) is 31.0 Å². The average Bonchev–Trinajstić information content (AvgIpc) is 3.30. The Balaban J connectivity index is 1.52. The predicted molar refractivity (Wildman–Crippen MR) is 105 cm³/mol. The minimum Gasteiger partial charge on any atom is -0.433 e. The third-order valence-electron chi connectivity index (χ3n) is 4.34. The molecule has 0 saturated heterocycles. The van der Waals surface area contributed by atoms with Gasteiger partial charge in [-0.25, -0.2) is 0 Å². The minimum atomic E-state index is -3.24. The molecular formula is C21H19F2N5O2. The summed E-state index contributed by atoms with van der Waals surface area (Å²) in [6.45, 7) is 5.14. The summed E-state index contributed by atoms with van der Waals surface area (Å²) in [4.78, 5) is 8.67. The standard InChI is InChI=1S/C21H19F2N5O2/c1-13-4-5-15(11-24-13)12-28-14(2)10-18(26-28)20-25-19(27-30-20)16-6-8-17(9-7-16)29-21(3,22)23/h4-11H,12H2,1-3H3. The first kappa shape index (κ1) is 19.7. The Labute approximate surface area is 171 Å². The van der Waals surface area contributed by atoms with Crippen LogP contribution in [0.15, 0.2) is 53.2 Å². The van der Waals surface area contributed by atoms with Crippen LogP contribution in [0.25, 0.3) is 23.0 Å². The maximum atomic E-state index is 12.9. The molecular weight excluding hydrogens is 392 g/mol. The molecule has 3 aromatic heterocycles. The Morgan fingerprint density at radius 3 is 2.53 bits per heavy atom. The largest absolute Gasteiger partial charge is 0.433 e. The number of nitrogens with zero attached hydrogens (tertiary/aromatic N) is 5. The van der Waals surface area contributed by atoms with Crippen LogP contribution >= 0.6 is 0 Å². The third-order valence-corrected chi connectivity index (χ3v) is 4.34. The molecule has 0 amide bonds. The maximum absolute atomic E-state index is 12.9. The molecule has 9 heteroatoms. The molecule has 0 N–H and O–H groups in total. The van der Waals surface area contributed by atoms with E-state index in [2.05, 4.69) is 25.0 Å². The first-order chi connectivity index (χ1) is 14.3. The summed E-state index contributed by atoms with van der Waals surface area (Å²) >= 11 is 0. The molecule has 0 atom stereocenters. The van der Waals surface area contributed by atoms with Gasteiger partial charge in [0.15, 0.2) is 5.69 Å². The minimum absolute atomic E-state index is 0.0509. The Bertz CT molecular complexity index is 1150. The molecule has 4 rings (SSSR count). The quantitative estimate of drug-likeness (QED) is 0.459. The summed E-state index contributed by atoms with van der Waals surface area (Å²) in [6, 6.07) is 11.9. The van der Waals surface area contributed by atoms with Crippen molar-refractivity contribution in [2.24, 2.45) is 0 Å². The van der Waals surface area contributed by atoms with Gasteiger partial charge in [0.1, 0.15) is 5.75 Å². The number of rotatable bonds is 6. The number of aryl methyl sites for hydroxylation is 2. The topological polar surface area (TPSA) is 78.9 Å². The lowest BCUT2D eigenvalue weighted by molar-refractivity contribution is -0.158. The van der Waals surface area contributed by atoms with Gasteiger partial charge in [0.2, 0.25) is 5.82 Å². The molecule has 0 fully saturated rings. The summed E-state index contributed by atoms with van der Waals surface area (Å²) in [5.41, 5.74) is 4.09. The van der Waals surface area contributed by atoms with Crippen molar-refractivity contribution in [2.45, 2.75) is 33.4 Å². The van der Waals surface area contributed by atoms with Gasteiger partial charge < -0.3 is 9.26 Å². The van der Waals surface area contributed by atoms with Gasteiger partial charge in [0.25, 0.3) is 5.89 Å². The second kappa shape index (κ2) is 7.66. The number of hydrogen-bond donors (Lipinski definition) is 0. The van der Waals surface area contributed by atoms with Crippen molar-refractivity contribution in [3.05, 3.63) is 65.6 Å². The Kier molecular flexibility index (Phi) is 5.03. The van der Waals surface area contributed by atoms with E-state index in [-0.39, 0.29) is 11.6 Å². The van der Waals surface area contributed by atoms with E-state index in [1.165, 1.54) is 12.1 Å². The van der Waals surface area contributed by atoms with Crippen LogP contribution in [0, 0.1) is 13.8 Å². The molecule has 0 bridgehead atoms. The molecule has 3 heterocycles. The van der Waals surface area contributed by atoms with Gasteiger partial charge in [-0.15, -0.1) is 0 Å². The SMILES string of the molecule is Cc1ccc(Cn2nc(-c3nc(-c4ccc(OC(C)(F)F)cc4)no3)cc2C)cn1. The zero-order valence-electron chi connectivity index (χ0n) is 16.6. The maximum Gasteiger partial charge on any atom is 0.394 e.